The highest BCUT2D eigenvalue weighted by Gasteiger charge is 2.45. The molecule has 1 N–H and O–H groups in total. The Kier molecular flexibility index (Phi) is 6.77. The number of amides is 2. The molecule has 1 aromatic carbocycles. The molecule has 0 spiro atoms. The van der Waals surface area contributed by atoms with E-state index in [2.05, 4.69) is 15.2 Å². The molecule has 2 aromatic rings. The van der Waals surface area contributed by atoms with Crippen LogP contribution in [0.2, 0.25) is 0 Å². The molecule has 212 valence electrons. The van der Waals surface area contributed by atoms with Crippen LogP contribution in [0.3, 0.4) is 0 Å². The molecule has 4 fully saturated rings. The molecule has 7 atom stereocenters. The monoisotopic (exact) mass is 543 g/mol. The summed E-state index contributed by atoms with van der Waals surface area (Å²) in [7, 11) is 0. The van der Waals surface area contributed by atoms with E-state index in [1.54, 1.807) is 12.3 Å². The molecule has 4 bridgehead atoms. The lowest BCUT2D eigenvalue weighted by Gasteiger charge is -2.55. The number of ketones is 1. The Balaban J connectivity index is 1.22. The van der Waals surface area contributed by atoms with Gasteiger partial charge in [-0.1, -0.05) is 37.8 Å². The molecule has 1 aromatic heterocycles. The van der Waals surface area contributed by atoms with Crippen molar-refractivity contribution in [3.8, 4) is 0 Å². The molecular formula is C32H41N5O3. The maximum atomic E-state index is 14.2. The highest BCUT2D eigenvalue weighted by atomic mass is 16.2. The largest absolute Gasteiger partial charge is 0.331 e. The quantitative estimate of drug-likeness (QED) is 0.552. The summed E-state index contributed by atoms with van der Waals surface area (Å²) in [5.74, 6) is 1.94. The predicted octanol–water partition coefficient (Wildman–Crippen LogP) is 5.31. The van der Waals surface area contributed by atoms with Crippen LogP contribution in [0.25, 0.3) is 11.0 Å². The first-order valence-corrected chi connectivity index (χ1v) is 15.5. The van der Waals surface area contributed by atoms with Crippen LogP contribution >= 0.6 is 0 Å². The van der Waals surface area contributed by atoms with Crippen molar-refractivity contribution in [1.29, 1.82) is 0 Å². The Morgan fingerprint density at radius 2 is 1.60 bits per heavy atom. The van der Waals surface area contributed by atoms with Gasteiger partial charge in [0.05, 0.1) is 17.1 Å². The van der Waals surface area contributed by atoms with Crippen molar-refractivity contribution in [3.63, 3.8) is 0 Å². The van der Waals surface area contributed by atoms with Crippen LogP contribution in [0.1, 0.15) is 90.0 Å². The van der Waals surface area contributed by atoms with E-state index < -0.39 is 6.03 Å². The fourth-order valence-electron chi connectivity index (χ4n) is 8.93. The first kappa shape index (κ1) is 25.9. The number of anilines is 1. The maximum Gasteiger partial charge on any atom is 0.327 e. The number of hydrogen-bond donors (Lipinski definition) is 1. The van der Waals surface area contributed by atoms with Gasteiger partial charge in [0.1, 0.15) is 5.78 Å². The van der Waals surface area contributed by atoms with Gasteiger partial charge in [0, 0.05) is 36.8 Å². The average molecular weight is 544 g/mol. The molecule has 8 nitrogen and oxygen atoms in total. The molecule has 40 heavy (non-hydrogen) atoms. The summed E-state index contributed by atoms with van der Waals surface area (Å²) in [5, 5.41) is 2.85. The standard InChI is InChI=1S/C32H41N5O3/c1-20(38)14-23-12-13-35(32(40)33-23)30-31(39)37(29-11-3-2-10-28(29)34-30)27-18-24-8-5-9-25(19-27)36(24)26-16-21-6-4-7-22(15-21)17-26/h2-3,10-13,21-27H,4-9,14-19H2,1H3,(H,33,40)/t21-,22+,23?,24-,25+,26?,27?. The number of benzene rings is 1. The predicted molar refractivity (Wildman–Crippen MR) is 155 cm³/mol. The number of carbonyl (C=O) groups excluding carboxylic acids is 2. The van der Waals surface area contributed by atoms with Gasteiger partial charge >= 0.3 is 6.03 Å². The van der Waals surface area contributed by atoms with Crippen molar-refractivity contribution in [3.05, 3.63) is 46.9 Å². The zero-order valence-corrected chi connectivity index (χ0v) is 23.5. The van der Waals surface area contributed by atoms with Gasteiger partial charge in [0.25, 0.3) is 5.56 Å². The molecule has 5 aliphatic rings. The van der Waals surface area contributed by atoms with Crippen molar-refractivity contribution >= 4 is 28.7 Å². The zero-order chi connectivity index (χ0) is 27.4. The maximum absolute atomic E-state index is 14.2. The highest BCUT2D eigenvalue weighted by molar-refractivity contribution is 5.95. The average Bonchev–Trinajstić information content (AvgIpc) is 2.92. The fraction of sp³-hybridized carbons (Fsp3) is 0.625. The third-order valence-electron chi connectivity index (χ3n) is 10.4. The number of carbonyl (C=O) groups is 2. The minimum absolute atomic E-state index is 0.00270. The van der Waals surface area contributed by atoms with Crippen LogP contribution in [0.15, 0.2) is 41.3 Å². The first-order valence-electron chi connectivity index (χ1n) is 15.5. The number of para-hydroxylation sites is 2. The summed E-state index contributed by atoms with van der Waals surface area (Å²) in [6, 6.07) is 8.83. The second-order valence-electron chi connectivity index (χ2n) is 13.1. The summed E-state index contributed by atoms with van der Waals surface area (Å²) in [6.45, 7) is 1.51. The normalized spacial score (nSPS) is 34.1. The van der Waals surface area contributed by atoms with Crippen molar-refractivity contribution < 1.29 is 9.59 Å². The molecule has 2 saturated heterocycles. The molecule has 3 aliphatic heterocycles. The highest BCUT2D eigenvalue weighted by Crippen LogP contribution is 2.47. The molecular weight excluding hydrogens is 502 g/mol. The number of hydrogen-bond acceptors (Lipinski definition) is 5. The van der Waals surface area contributed by atoms with Crippen molar-refractivity contribution in [1.82, 2.24) is 19.8 Å². The number of nitrogens with one attached hydrogen (secondary N) is 1. The van der Waals surface area contributed by atoms with E-state index in [1.807, 2.05) is 28.8 Å². The summed E-state index contributed by atoms with van der Waals surface area (Å²) in [6.07, 6.45) is 17.6. The number of fused-ring (bicyclic) bond motifs is 5. The smallest absolute Gasteiger partial charge is 0.327 e. The molecule has 0 radical (unpaired) electrons. The molecule has 4 heterocycles. The van der Waals surface area contributed by atoms with Gasteiger partial charge in [0.2, 0.25) is 5.82 Å². The van der Waals surface area contributed by atoms with E-state index in [0.29, 0.717) is 18.1 Å². The molecule has 8 heteroatoms. The van der Waals surface area contributed by atoms with Gasteiger partial charge < -0.3 is 9.88 Å². The van der Waals surface area contributed by atoms with Gasteiger partial charge in [-0.3, -0.25) is 14.5 Å². The van der Waals surface area contributed by atoms with Gasteiger partial charge in [0.15, 0.2) is 0 Å². The number of piperidine rings is 2. The first-order chi connectivity index (χ1) is 19.4. The Morgan fingerprint density at radius 3 is 2.30 bits per heavy atom. The topological polar surface area (TPSA) is 87.5 Å². The third kappa shape index (κ3) is 4.68. The second kappa shape index (κ2) is 10.4. The number of urea groups is 1. The van der Waals surface area contributed by atoms with E-state index in [9.17, 15) is 14.4 Å². The lowest BCUT2D eigenvalue weighted by molar-refractivity contribution is -0.117. The Labute approximate surface area is 235 Å². The van der Waals surface area contributed by atoms with E-state index in [-0.39, 0.29) is 35.7 Å². The molecule has 7 rings (SSSR count). The molecule has 2 saturated carbocycles. The Morgan fingerprint density at radius 1 is 0.900 bits per heavy atom. The van der Waals surface area contributed by atoms with E-state index >= 15 is 0 Å². The lowest BCUT2D eigenvalue weighted by Crippen LogP contribution is -2.58. The number of aromatic nitrogens is 2. The van der Waals surface area contributed by atoms with Crippen LogP contribution in [0, 0.1) is 11.8 Å². The molecule has 2 aliphatic carbocycles. The Hall–Kier alpha value is -3.00. The third-order valence-corrected chi connectivity index (χ3v) is 10.4. The molecule has 3 unspecified atom stereocenters. The minimum Gasteiger partial charge on any atom is -0.331 e. The molecule has 2 amide bonds. The van der Waals surface area contributed by atoms with Crippen LogP contribution in [0.5, 0.6) is 0 Å². The summed E-state index contributed by atoms with van der Waals surface area (Å²) >= 11 is 0. The van der Waals surface area contributed by atoms with Crippen LogP contribution in [0.4, 0.5) is 10.6 Å². The van der Waals surface area contributed by atoms with Crippen LogP contribution in [-0.4, -0.2) is 50.4 Å². The Bertz CT molecular complexity index is 1370. The van der Waals surface area contributed by atoms with Gasteiger partial charge in [-0.05, 0) is 81.9 Å². The van der Waals surface area contributed by atoms with Gasteiger partial charge in [-0.25, -0.2) is 14.7 Å². The van der Waals surface area contributed by atoms with E-state index in [1.165, 1.54) is 69.6 Å². The van der Waals surface area contributed by atoms with Gasteiger partial charge in [-0.15, -0.1) is 0 Å². The van der Waals surface area contributed by atoms with Crippen LogP contribution < -0.4 is 15.8 Å². The summed E-state index contributed by atoms with van der Waals surface area (Å²) in [5.41, 5.74) is 1.35. The minimum atomic E-state index is -0.422. The van der Waals surface area contributed by atoms with E-state index in [4.69, 9.17) is 0 Å². The lowest BCUT2D eigenvalue weighted by atomic mass is 9.68. The SMILES string of the molecule is CC(=O)CC1C=CN(c2nc3ccccc3n(C3C[C@H]4CCC[C@@H](C3)N4C3C[C@H]4CCC[C@@H](C3)C4)c2=O)C(=O)N1. The zero-order valence-electron chi connectivity index (χ0n) is 23.5. The number of Topliss-reactive ketones (excluding diaryl/α,β-unsaturated/α-hetero) is 1. The summed E-state index contributed by atoms with van der Waals surface area (Å²) < 4.78 is 1.96. The van der Waals surface area contributed by atoms with Crippen LogP contribution in [-0.2, 0) is 4.79 Å². The summed E-state index contributed by atoms with van der Waals surface area (Å²) in [4.78, 5) is 47.8. The van der Waals surface area contributed by atoms with Crippen molar-refractivity contribution in [2.24, 2.45) is 11.8 Å². The second-order valence-corrected chi connectivity index (χ2v) is 13.1. The van der Waals surface area contributed by atoms with Crippen molar-refractivity contribution in [2.75, 3.05) is 4.90 Å². The van der Waals surface area contributed by atoms with E-state index in [0.717, 1.165) is 35.7 Å². The number of rotatable bonds is 5. The number of nitrogens with zero attached hydrogens (tertiary/aromatic N) is 4. The fourth-order valence-corrected chi connectivity index (χ4v) is 8.93. The van der Waals surface area contributed by atoms with Gasteiger partial charge in [-0.2, -0.15) is 0 Å². The van der Waals surface area contributed by atoms with Crippen molar-refractivity contribution in [2.45, 2.75) is 114 Å².